The molecule has 1 aliphatic heterocycles. The van der Waals surface area contributed by atoms with Crippen LogP contribution >= 0.6 is 11.3 Å². The lowest BCUT2D eigenvalue weighted by atomic mass is 9.93. The summed E-state index contributed by atoms with van der Waals surface area (Å²) in [4.78, 5) is 42.7. The van der Waals surface area contributed by atoms with Crippen LogP contribution in [0.5, 0.6) is 0 Å². The number of benzene rings is 1. The molecule has 30 heavy (non-hydrogen) atoms. The lowest BCUT2D eigenvalue weighted by Crippen LogP contribution is -2.38. The van der Waals surface area contributed by atoms with Gasteiger partial charge in [-0.3, -0.25) is 14.4 Å². The van der Waals surface area contributed by atoms with Gasteiger partial charge >= 0.3 is 0 Å². The van der Waals surface area contributed by atoms with Crippen LogP contribution in [0.25, 0.3) is 0 Å². The number of aromatic nitrogens is 1. The number of thiazole rings is 1. The van der Waals surface area contributed by atoms with Gasteiger partial charge in [0.15, 0.2) is 0 Å². The van der Waals surface area contributed by atoms with Gasteiger partial charge in [-0.2, -0.15) is 0 Å². The van der Waals surface area contributed by atoms with Gasteiger partial charge < -0.3 is 15.5 Å². The first kappa shape index (κ1) is 22.0. The van der Waals surface area contributed by atoms with Gasteiger partial charge in [-0.1, -0.05) is 20.8 Å². The Morgan fingerprint density at radius 3 is 2.50 bits per heavy atom. The number of hydrogen-bond donors (Lipinski definition) is 2. The molecule has 0 spiro atoms. The average Bonchev–Trinajstić information content (AvgIpc) is 3.35. The van der Waals surface area contributed by atoms with Gasteiger partial charge in [-0.15, -0.1) is 11.3 Å². The van der Waals surface area contributed by atoms with Crippen molar-refractivity contribution in [1.82, 2.24) is 15.6 Å². The minimum Gasteiger partial charge on any atom is -0.346 e. The Morgan fingerprint density at radius 1 is 1.23 bits per heavy atom. The molecule has 1 atom stereocenters. The predicted molar refractivity (Wildman–Crippen MR) is 118 cm³/mol. The molecule has 2 N–H and O–H groups in total. The van der Waals surface area contributed by atoms with E-state index in [0.29, 0.717) is 18.5 Å². The van der Waals surface area contributed by atoms with E-state index >= 15 is 0 Å². The molecule has 1 aromatic heterocycles. The summed E-state index contributed by atoms with van der Waals surface area (Å²) < 4.78 is 0. The predicted octanol–water partition coefficient (Wildman–Crippen LogP) is 3.17. The second-order valence-corrected chi connectivity index (χ2v) is 9.38. The van der Waals surface area contributed by atoms with E-state index < -0.39 is 0 Å². The van der Waals surface area contributed by atoms with Crippen molar-refractivity contribution in [1.29, 1.82) is 0 Å². The van der Waals surface area contributed by atoms with Crippen LogP contribution in [0.3, 0.4) is 0 Å². The zero-order valence-corrected chi connectivity index (χ0v) is 18.6. The quantitative estimate of drug-likeness (QED) is 0.739. The summed E-state index contributed by atoms with van der Waals surface area (Å²) in [6, 6.07) is 6.62. The largest absolute Gasteiger partial charge is 0.346 e. The van der Waals surface area contributed by atoms with Crippen molar-refractivity contribution < 1.29 is 14.4 Å². The molecule has 2 aromatic rings. The molecular weight excluding hydrogens is 400 g/mol. The van der Waals surface area contributed by atoms with Crippen LogP contribution in [0.15, 0.2) is 29.6 Å². The third kappa shape index (κ3) is 5.24. The molecule has 7 nitrogen and oxygen atoms in total. The third-order valence-corrected chi connectivity index (χ3v) is 5.99. The van der Waals surface area contributed by atoms with E-state index in [-0.39, 0.29) is 35.7 Å². The molecular formula is C22H28N4O3S. The maximum Gasteiger partial charge on any atom is 0.251 e. The summed E-state index contributed by atoms with van der Waals surface area (Å²) in [7, 11) is 0. The minimum atomic E-state index is -0.332. The number of amides is 3. The van der Waals surface area contributed by atoms with E-state index in [0.717, 1.165) is 22.8 Å². The first-order chi connectivity index (χ1) is 14.1. The summed E-state index contributed by atoms with van der Waals surface area (Å²) in [6.07, 6.45) is 1.42. The number of carbonyl (C=O) groups excluding carboxylic acids is 3. The Morgan fingerprint density at radius 2 is 1.93 bits per heavy atom. The molecule has 160 valence electrons. The molecule has 0 aliphatic carbocycles. The summed E-state index contributed by atoms with van der Waals surface area (Å²) in [5.74, 6) is -0.503. The Kier molecular flexibility index (Phi) is 6.55. The van der Waals surface area contributed by atoms with Gasteiger partial charge in [0.25, 0.3) is 5.91 Å². The van der Waals surface area contributed by atoms with Gasteiger partial charge in [-0.25, -0.2) is 4.98 Å². The van der Waals surface area contributed by atoms with Crippen LogP contribution in [0, 0.1) is 0 Å². The maximum absolute atomic E-state index is 12.3. The molecule has 8 heteroatoms. The second kappa shape index (κ2) is 8.95. The van der Waals surface area contributed by atoms with Crippen molar-refractivity contribution in [2.24, 2.45) is 0 Å². The summed E-state index contributed by atoms with van der Waals surface area (Å²) in [6.45, 7) is 8.76. The molecule has 1 saturated heterocycles. The first-order valence-electron chi connectivity index (χ1n) is 10.1. The molecule has 1 unspecified atom stereocenters. The molecule has 1 aliphatic rings. The van der Waals surface area contributed by atoms with E-state index in [2.05, 4.69) is 36.4 Å². The van der Waals surface area contributed by atoms with Crippen LogP contribution < -0.4 is 15.5 Å². The third-order valence-electron chi connectivity index (χ3n) is 4.96. The minimum absolute atomic E-state index is 0.0376. The molecule has 0 saturated carbocycles. The van der Waals surface area contributed by atoms with Gasteiger partial charge in [0.1, 0.15) is 5.01 Å². The van der Waals surface area contributed by atoms with Gasteiger partial charge in [0.05, 0.1) is 18.3 Å². The van der Waals surface area contributed by atoms with Crippen molar-refractivity contribution in [3.05, 3.63) is 45.9 Å². The van der Waals surface area contributed by atoms with E-state index in [9.17, 15) is 14.4 Å². The molecule has 3 amide bonds. The lowest BCUT2D eigenvalue weighted by molar-refractivity contribution is -0.120. The number of anilines is 1. The lowest BCUT2D eigenvalue weighted by Gasteiger charge is -2.16. The van der Waals surface area contributed by atoms with Crippen LogP contribution in [-0.4, -0.2) is 35.8 Å². The number of nitrogens with one attached hydrogen (secondary N) is 2. The molecule has 0 bridgehead atoms. The smallest absolute Gasteiger partial charge is 0.251 e. The van der Waals surface area contributed by atoms with E-state index in [1.807, 2.05) is 12.3 Å². The van der Waals surface area contributed by atoms with E-state index in [4.69, 9.17) is 0 Å². The maximum atomic E-state index is 12.3. The van der Waals surface area contributed by atoms with Crippen molar-refractivity contribution in [3.8, 4) is 0 Å². The van der Waals surface area contributed by atoms with E-state index in [1.54, 1.807) is 29.2 Å². The highest BCUT2D eigenvalue weighted by atomic mass is 32.1. The molecule has 2 heterocycles. The number of carbonyl (C=O) groups is 3. The van der Waals surface area contributed by atoms with Crippen molar-refractivity contribution in [3.63, 3.8) is 0 Å². The molecule has 0 radical (unpaired) electrons. The number of rotatable bonds is 6. The fourth-order valence-corrected chi connectivity index (χ4v) is 4.21. The molecule has 1 fully saturated rings. The van der Waals surface area contributed by atoms with Crippen molar-refractivity contribution in [2.75, 3.05) is 18.0 Å². The van der Waals surface area contributed by atoms with Crippen LogP contribution in [-0.2, 0) is 15.0 Å². The number of nitrogens with zero attached hydrogens (tertiary/aromatic N) is 2. The van der Waals surface area contributed by atoms with Crippen LogP contribution in [0.1, 0.15) is 67.6 Å². The highest BCUT2D eigenvalue weighted by Crippen LogP contribution is 2.26. The normalized spacial score (nSPS) is 15.2. The highest BCUT2D eigenvalue weighted by Gasteiger charge is 2.22. The van der Waals surface area contributed by atoms with Gasteiger partial charge in [-0.05, 0) is 37.6 Å². The van der Waals surface area contributed by atoms with Gasteiger partial charge in [0.2, 0.25) is 11.8 Å². The topological polar surface area (TPSA) is 91.4 Å². The zero-order valence-electron chi connectivity index (χ0n) is 17.8. The van der Waals surface area contributed by atoms with Gasteiger partial charge in [0, 0.05) is 35.0 Å². The van der Waals surface area contributed by atoms with Crippen LogP contribution in [0.4, 0.5) is 5.69 Å². The fourth-order valence-electron chi connectivity index (χ4n) is 3.16. The second-order valence-electron chi connectivity index (χ2n) is 8.49. The molecule has 1 aromatic carbocycles. The summed E-state index contributed by atoms with van der Waals surface area (Å²) >= 11 is 1.52. The summed E-state index contributed by atoms with van der Waals surface area (Å²) in [5, 5.41) is 8.36. The average molecular weight is 429 g/mol. The van der Waals surface area contributed by atoms with Crippen LogP contribution in [0.2, 0.25) is 0 Å². The first-order valence-corrected chi connectivity index (χ1v) is 11.0. The van der Waals surface area contributed by atoms with E-state index in [1.165, 1.54) is 11.3 Å². The highest BCUT2D eigenvalue weighted by molar-refractivity contribution is 7.09. The fraction of sp³-hybridized carbons (Fsp3) is 0.455. The Balaban J connectivity index is 1.50. The Labute approximate surface area is 180 Å². The van der Waals surface area contributed by atoms with Crippen molar-refractivity contribution in [2.45, 2.75) is 52.0 Å². The Hall–Kier alpha value is -2.74. The Bertz CT molecular complexity index is 931. The molecule has 3 rings (SSSR count). The standard InChI is InChI=1S/C22H28N4O3S/c1-14(21-25-17(13-30-21)22(2,3)4)24-18(27)12-23-20(29)15-7-9-16(10-8-15)26-11-5-6-19(26)28/h7-10,13-14H,5-6,11-12H2,1-4H3,(H,23,29)(H,24,27). The monoisotopic (exact) mass is 428 g/mol. The number of hydrogen-bond acceptors (Lipinski definition) is 5. The van der Waals surface area contributed by atoms with Crippen molar-refractivity contribution >= 4 is 34.7 Å². The SMILES string of the molecule is CC(NC(=O)CNC(=O)c1ccc(N2CCCC2=O)cc1)c1nc(C(C)(C)C)cs1. The zero-order chi connectivity index (χ0) is 21.9. The summed E-state index contributed by atoms with van der Waals surface area (Å²) in [5.41, 5.74) is 2.19.